The largest absolute Gasteiger partial charge is 0.462 e. The monoisotopic (exact) mass is 287 g/mol. The first-order valence-electron chi connectivity index (χ1n) is 7.51. The maximum atomic E-state index is 12.4. The van der Waals surface area contributed by atoms with Crippen LogP contribution < -0.4 is 0 Å². The zero-order chi connectivity index (χ0) is 15.8. The van der Waals surface area contributed by atoms with E-state index in [0.717, 1.165) is 23.1 Å². The molecule has 0 saturated carbocycles. The zero-order valence-electron chi connectivity index (χ0n) is 13.6. The molecule has 0 spiro atoms. The van der Waals surface area contributed by atoms with Crippen LogP contribution in [0.5, 0.6) is 0 Å². The van der Waals surface area contributed by atoms with E-state index in [4.69, 9.17) is 4.74 Å². The molecule has 21 heavy (non-hydrogen) atoms. The van der Waals surface area contributed by atoms with Gasteiger partial charge >= 0.3 is 5.97 Å². The molecule has 0 N–H and O–H groups in total. The average molecular weight is 287 g/mol. The van der Waals surface area contributed by atoms with Crippen molar-refractivity contribution in [2.75, 3.05) is 6.61 Å². The van der Waals surface area contributed by atoms with Crippen molar-refractivity contribution in [2.45, 2.75) is 41.0 Å². The number of hydrogen-bond donors (Lipinski definition) is 0. The number of carbonyl (C=O) groups is 1. The summed E-state index contributed by atoms with van der Waals surface area (Å²) in [5.41, 5.74) is 3.60. The number of esters is 1. The lowest BCUT2D eigenvalue weighted by Gasteiger charge is -2.20. The molecule has 1 heterocycles. The van der Waals surface area contributed by atoms with E-state index in [1.54, 1.807) is 6.20 Å². The minimum Gasteiger partial charge on any atom is -0.462 e. The molecular weight excluding hydrogens is 262 g/mol. The SMILES string of the molecule is C/C=C(C)\C(C(=O)OCC)=C(\c1cccnc1)[C@H](C)CC. The van der Waals surface area contributed by atoms with Gasteiger partial charge in [0.25, 0.3) is 0 Å². The number of pyridine rings is 1. The molecule has 0 aliphatic heterocycles. The third-order valence-corrected chi connectivity index (χ3v) is 3.65. The van der Waals surface area contributed by atoms with Crippen molar-refractivity contribution in [3.63, 3.8) is 0 Å². The fourth-order valence-electron chi connectivity index (χ4n) is 2.23. The van der Waals surface area contributed by atoms with Crippen molar-refractivity contribution in [3.05, 3.63) is 47.3 Å². The van der Waals surface area contributed by atoms with Crippen LogP contribution in [0, 0.1) is 5.92 Å². The van der Waals surface area contributed by atoms with Gasteiger partial charge in [0.2, 0.25) is 0 Å². The second-order valence-electron chi connectivity index (χ2n) is 5.03. The maximum absolute atomic E-state index is 12.4. The van der Waals surface area contributed by atoms with Crippen molar-refractivity contribution in [2.24, 2.45) is 5.92 Å². The van der Waals surface area contributed by atoms with E-state index in [9.17, 15) is 4.79 Å². The summed E-state index contributed by atoms with van der Waals surface area (Å²) in [4.78, 5) is 16.6. The topological polar surface area (TPSA) is 39.2 Å². The molecule has 0 aromatic carbocycles. The van der Waals surface area contributed by atoms with Gasteiger partial charge in [0.05, 0.1) is 12.2 Å². The van der Waals surface area contributed by atoms with Crippen molar-refractivity contribution < 1.29 is 9.53 Å². The molecule has 3 nitrogen and oxygen atoms in total. The van der Waals surface area contributed by atoms with Crippen molar-refractivity contribution >= 4 is 11.5 Å². The molecule has 1 atom stereocenters. The molecule has 114 valence electrons. The molecule has 3 heteroatoms. The molecule has 0 radical (unpaired) electrons. The Balaban J connectivity index is 3.56. The summed E-state index contributed by atoms with van der Waals surface area (Å²) in [6.07, 6.45) is 6.45. The summed E-state index contributed by atoms with van der Waals surface area (Å²) in [6.45, 7) is 10.3. The molecular formula is C18H25NO2. The molecule has 0 saturated heterocycles. The summed E-state index contributed by atoms with van der Waals surface area (Å²) < 4.78 is 5.27. The normalized spacial score (nSPS) is 14.4. The standard InChI is InChI=1S/C18H25NO2/c1-6-13(4)16(15-10-9-11-19-12-15)17(14(5)7-2)18(20)21-8-3/h7,9-13H,6,8H2,1-5H3/b14-7-,17-16-/t13-/m1/s1. The van der Waals surface area contributed by atoms with Crippen LogP contribution in [-0.4, -0.2) is 17.6 Å². The van der Waals surface area contributed by atoms with Gasteiger partial charge in [-0.15, -0.1) is 0 Å². The third-order valence-electron chi connectivity index (χ3n) is 3.65. The van der Waals surface area contributed by atoms with Crippen molar-refractivity contribution in [1.82, 2.24) is 4.98 Å². The Hall–Kier alpha value is -1.90. The molecule has 0 aliphatic carbocycles. The Bertz CT molecular complexity index is 529. The molecule has 1 rings (SSSR count). The number of aromatic nitrogens is 1. The Kier molecular flexibility index (Phi) is 6.86. The summed E-state index contributed by atoms with van der Waals surface area (Å²) in [5.74, 6) is -0.00393. The molecule has 0 fully saturated rings. The quantitative estimate of drug-likeness (QED) is 0.442. The molecule has 0 unspecified atom stereocenters. The number of allylic oxidation sites excluding steroid dienone is 2. The van der Waals surface area contributed by atoms with E-state index >= 15 is 0 Å². The van der Waals surface area contributed by atoms with Gasteiger partial charge in [0.1, 0.15) is 0 Å². The lowest BCUT2D eigenvalue weighted by Crippen LogP contribution is -2.14. The lowest BCUT2D eigenvalue weighted by atomic mass is 9.86. The van der Waals surface area contributed by atoms with Gasteiger partial charge in [0, 0.05) is 12.4 Å². The van der Waals surface area contributed by atoms with E-state index in [1.807, 2.05) is 45.2 Å². The lowest BCUT2D eigenvalue weighted by molar-refractivity contribution is -0.138. The first kappa shape index (κ1) is 17.2. The first-order chi connectivity index (χ1) is 10.1. The van der Waals surface area contributed by atoms with E-state index in [-0.39, 0.29) is 11.9 Å². The van der Waals surface area contributed by atoms with E-state index in [1.165, 1.54) is 0 Å². The number of nitrogens with zero attached hydrogens (tertiary/aromatic N) is 1. The predicted molar refractivity (Wildman–Crippen MR) is 86.7 cm³/mol. The Morgan fingerprint density at radius 1 is 1.43 bits per heavy atom. The zero-order valence-corrected chi connectivity index (χ0v) is 13.6. The number of ether oxygens (including phenoxy) is 1. The van der Waals surface area contributed by atoms with Crippen molar-refractivity contribution in [3.8, 4) is 0 Å². The van der Waals surface area contributed by atoms with Crippen LogP contribution in [0.2, 0.25) is 0 Å². The maximum Gasteiger partial charge on any atom is 0.338 e. The minimum absolute atomic E-state index is 0.253. The van der Waals surface area contributed by atoms with Crippen LogP contribution in [0.25, 0.3) is 5.57 Å². The molecule has 1 aromatic rings. The summed E-state index contributed by atoms with van der Waals surface area (Å²) in [6, 6.07) is 3.89. The number of hydrogen-bond acceptors (Lipinski definition) is 3. The van der Waals surface area contributed by atoms with E-state index in [2.05, 4.69) is 18.8 Å². The van der Waals surface area contributed by atoms with Crippen LogP contribution in [0.3, 0.4) is 0 Å². The highest BCUT2D eigenvalue weighted by molar-refractivity contribution is 6.02. The molecule has 0 bridgehead atoms. The molecule has 0 aliphatic rings. The van der Waals surface area contributed by atoms with Crippen molar-refractivity contribution in [1.29, 1.82) is 0 Å². The molecule has 1 aromatic heterocycles. The van der Waals surface area contributed by atoms with Gasteiger partial charge in [-0.25, -0.2) is 4.79 Å². The van der Waals surface area contributed by atoms with Crippen LogP contribution in [0.4, 0.5) is 0 Å². The Morgan fingerprint density at radius 2 is 2.14 bits per heavy atom. The van der Waals surface area contributed by atoms with Gasteiger partial charge < -0.3 is 4.74 Å². The minimum atomic E-state index is -0.257. The highest BCUT2D eigenvalue weighted by atomic mass is 16.5. The highest BCUT2D eigenvalue weighted by Crippen LogP contribution is 2.32. The van der Waals surface area contributed by atoms with Gasteiger partial charge in [-0.3, -0.25) is 4.98 Å². The van der Waals surface area contributed by atoms with Gasteiger partial charge in [-0.1, -0.05) is 26.0 Å². The second-order valence-corrected chi connectivity index (χ2v) is 5.03. The van der Waals surface area contributed by atoms with Gasteiger partial charge in [-0.05, 0) is 55.9 Å². The summed E-state index contributed by atoms with van der Waals surface area (Å²) >= 11 is 0. The van der Waals surface area contributed by atoms with Crippen LogP contribution in [0.15, 0.2) is 41.7 Å². The molecule has 0 amide bonds. The van der Waals surface area contributed by atoms with E-state index < -0.39 is 0 Å². The predicted octanol–water partition coefficient (Wildman–Crippen LogP) is 4.41. The summed E-state index contributed by atoms with van der Waals surface area (Å²) in [7, 11) is 0. The number of rotatable bonds is 6. The smallest absolute Gasteiger partial charge is 0.338 e. The fraction of sp³-hybridized carbons (Fsp3) is 0.444. The fourth-order valence-corrected chi connectivity index (χ4v) is 2.23. The highest BCUT2D eigenvalue weighted by Gasteiger charge is 2.22. The van der Waals surface area contributed by atoms with E-state index in [0.29, 0.717) is 12.2 Å². The third kappa shape index (κ3) is 4.28. The second kappa shape index (κ2) is 8.40. The summed E-state index contributed by atoms with van der Waals surface area (Å²) in [5, 5.41) is 0. The van der Waals surface area contributed by atoms with Gasteiger partial charge in [-0.2, -0.15) is 0 Å². The van der Waals surface area contributed by atoms with Crippen LogP contribution in [0.1, 0.15) is 46.6 Å². The number of carbonyl (C=O) groups excluding carboxylic acids is 1. The van der Waals surface area contributed by atoms with Crippen LogP contribution >= 0.6 is 0 Å². The Labute approximate surface area is 127 Å². The average Bonchev–Trinajstić information content (AvgIpc) is 2.52. The van der Waals surface area contributed by atoms with Gasteiger partial charge in [0.15, 0.2) is 0 Å². The first-order valence-corrected chi connectivity index (χ1v) is 7.51. The van der Waals surface area contributed by atoms with Crippen LogP contribution in [-0.2, 0) is 9.53 Å². The Morgan fingerprint density at radius 3 is 2.62 bits per heavy atom.